The molecular formula is C31H33N5O4. The first-order valence-electron chi connectivity index (χ1n) is 13.9. The number of ether oxygens (including phenoxy) is 1. The molecule has 0 fully saturated rings. The molecule has 9 bridgehead atoms. The Morgan fingerprint density at radius 2 is 1.95 bits per heavy atom. The molecule has 206 valence electrons. The molecule has 0 unspecified atom stereocenters. The first-order chi connectivity index (χ1) is 19.4. The number of rotatable bonds is 3. The molecule has 0 spiro atoms. The zero-order valence-corrected chi connectivity index (χ0v) is 22.9. The van der Waals surface area contributed by atoms with Crippen molar-refractivity contribution in [2.45, 2.75) is 64.5 Å². The Hall–Kier alpha value is -4.27. The summed E-state index contributed by atoms with van der Waals surface area (Å²) >= 11 is 0. The fraction of sp³-hybridized carbons (Fsp3) is 0.387. The van der Waals surface area contributed by atoms with Gasteiger partial charge in [0.25, 0.3) is 5.91 Å². The van der Waals surface area contributed by atoms with E-state index in [1.807, 2.05) is 40.8 Å². The van der Waals surface area contributed by atoms with E-state index in [0.29, 0.717) is 36.5 Å². The van der Waals surface area contributed by atoms with Gasteiger partial charge in [0.05, 0.1) is 19.1 Å². The van der Waals surface area contributed by atoms with Gasteiger partial charge in [-0.3, -0.25) is 9.59 Å². The fourth-order valence-electron chi connectivity index (χ4n) is 6.10. The van der Waals surface area contributed by atoms with Crippen LogP contribution < -0.4 is 4.74 Å². The third kappa shape index (κ3) is 4.80. The molecule has 9 heteroatoms. The summed E-state index contributed by atoms with van der Waals surface area (Å²) in [5.41, 5.74) is 7.98. The number of aliphatic carboxylic acids is 1. The first-order valence-corrected chi connectivity index (χ1v) is 13.9. The molecule has 0 saturated heterocycles. The highest BCUT2D eigenvalue weighted by Gasteiger charge is 2.27. The van der Waals surface area contributed by atoms with Gasteiger partial charge >= 0.3 is 5.97 Å². The van der Waals surface area contributed by atoms with Crippen molar-refractivity contribution < 1.29 is 19.4 Å². The molecule has 2 aromatic carbocycles. The van der Waals surface area contributed by atoms with E-state index in [1.54, 1.807) is 13.3 Å². The third-order valence-corrected chi connectivity index (χ3v) is 8.34. The number of aromatic nitrogens is 4. The number of nitrogens with zero attached hydrogens (tertiary/aromatic N) is 5. The second-order valence-corrected chi connectivity index (χ2v) is 10.8. The molecule has 7 heterocycles. The van der Waals surface area contributed by atoms with Crippen molar-refractivity contribution in [3.63, 3.8) is 0 Å². The average Bonchev–Trinajstić information content (AvgIpc) is 3.38. The molecule has 0 radical (unpaired) electrons. The van der Waals surface area contributed by atoms with Gasteiger partial charge in [0, 0.05) is 31.7 Å². The third-order valence-electron chi connectivity index (χ3n) is 8.34. The lowest BCUT2D eigenvalue weighted by molar-refractivity contribution is -0.137. The smallest absolute Gasteiger partial charge is 0.304 e. The van der Waals surface area contributed by atoms with E-state index in [2.05, 4.69) is 22.4 Å². The minimum Gasteiger partial charge on any atom is -0.496 e. The lowest BCUT2D eigenvalue weighted by atomic mass is 9.84. The molecule has 1 atom stereocenters. The van der Waals surface area contributed by atoms with Gasteiger partial charge in [-0.15, -0.1) is 5.10 Å². The molecular weight excluding hydrogens is 506 g/mol. The SMILES string of the molecule is COc1cc2ccc1C(=O)N1CCc3ccc(cc3C1)[C@H](CC(=O)O)c1cnc3c(nnn3CCCCC2)c1C. The second kappa shape index (κ2) is 10.7. The highest BCUT2D eigenvalue weighted by Crippen LogP contribution is 2.35. The maximum Gasteiger partial charge on any atom is 0.304 e. The Labute approximate surface area is 232 Å². The van der Waals surface area contributed by atoms with Crippen LogP contribution in [-0.4, -0.2) is 55.5 Å². The number of hydrogen-bond acceptors (Lipinski definition) is 6. The number of methoxy groups -OCH3 is 1. The quantitative estimate of drug-likeness (QED) is 0.403. The van der Waals surface area contributed by atoms with E-state index in [0.717, 1.165) is 65.6 Å². The summed E-state index contributed by atoms with van der Waals surface area (Å²) in [5.74, 6) is -0.746. The van der Waals surface area contributed by atoms with Crippen LogP contribution in [0.3, 0.4) is 0 Å². The minimum absolute atomic E-state index is 0.0553. The zero-order chi connectivity index (χ0) is 27.8. The van der Waals surface area contributed by atoms with Crippen LogP contribution in [0.4, 0.5) is 0 Å². The van der Waals surface area contributed by atoms with Gasteiger partial charge in [-0.2, -0.15) is 0 Å². The molecule has 1 N–H and O–H groups in total. The normalized spacial score (nSPS) is 17.5. The highest BCUT2D eigenvalue weighted by molar-refractivity contribution is 5.97. The van der Waals surface area contributed by atoms with Crippen LogP contribution in [0.1, 0.15) is 75.3 Å². The van der Waals surface area contributed by atoms with Crippen LogP contribution in [0.15, 0.2) is 42.6 Å². The van der Waals surface area contributed by atoms with Crippen LogP contribution in [-0.2, 0) is 30.7 Å². The molecule has 5 aliphatic heterocycles. The van der Waals surface area contributed by atoms with E-state index < -0.39 is 11.9 Å². The molecule has 2 aromatic heterocycles. The fourth-order valence-corrected chi connectivity index (χ4v) is 6.10. The van der Waals surface area contributed by atoms with Crippen molar-refractivity contribution >= 4 is 23.0 Å². The zero-order valence-electron chi connectivity index (χ0n) is 22.9. The second-order valence-electron chi connectivity index (χ2n) is 10.8. The Kier molecular flexibility index (Phi) is 6.96. The predicted octanol–water partition coefficient (Wildman–Crippen LogP) is 4.67. The summed E-state index contributed by atoms with van der Waals surface area (Å²) in [6, 6.07) is 12.0. The maximum absolute atomic E-state index is 13.6. The van der Waals surface area contributed by atoms with Gasteiger partial charge in [0.2, 0.25) is 0 Å². The van der Waals surface area contributed by atoms with Crippen LogP contribution >= 0.6 is 0 Å². The topological polar surface area (TPSA) is 110 Å². The number of carbonyl (C=O) groups is 2. The van der Waals surface area contributed by atoms with Crippen LogP contribution in [0.25, 0.3) is 11.2 Å². The summed E-state index contributed by atoms with van der Waals surface area (Å²) in [4.78, 5) is 32.2. The Morgan fingerprint density at radius 3 is 2.77 bits per heavy atom. The first kappa shape index (κ1) is 26.0. The lowest BCUT2D eigenvalue weighted by Gasteiger charge is -2.30. The van der Waals surface area contributed by atoms with Crippen LogP contribution in [0.5, 0.6) is 5.75 Å². The van der Waals surface area contributed by atoms with Gasteiger partial charge in [-0.25, -0.2) is 9.67 Å². The van der Waals surface area contributed by atoms with Gasteiger partial charge < -0.3 is 14.7 Å². The number of hydrogen-bond donors (Lipinski definition) is 1. The Balaban J connectivity index is 1.45. The van der Waals surface area contributed by atoms with E-state index in [4.69, 9.17) is 9.72 Å². The number of amides is 1. The van der Waals surface area contributed by atoms with Crippen molar-refractivity contribution in [1.29, 1.82) is 0 Å². The van der Waals surface area contributed by atoms with Crippen LogP contribution in [0, 0.1) is 6.92 Å². The number of carbonyl (C=O) groups excluding carboxylic acids is 1. The molecule has 5 aliphatic rings. The van der Waals surface area contributed by atoms with E-state index in [1.165, 1.54) is 5.56 Å². The largest absolute Gasteiger partial charge is 0.496 e. The summed E-state index contributed by atoms with van der Waals surface area (Å²) in [7, 11) is 1.61. The van der Waals surface area contributed by atoms with E-state index >= 15 is 0 Å². The maximum atomic E-state index is 13.6. The Bertz CT molecular complexity index is 1610. The highest BCUT2D eigenvalue weighted by atomic mass is 16.5. The number of pyridine rings is 1. The van der Waals surface area contributed by atoms with Crippen molar-refractivity contribution in [3.05, 3.63) is 81.5 Å². The summed E-state index contributed by atoms with van der Waals surface area (Å²) in [6.45, 7) is 3.75. The summed E-state index contributed by atoms with van der Waals surface area (Å²) < 4.78 is 7.50. The average molecular weight is 540 g/mol. The number of carboxylic acid groups (broad SMARTS) is 1. The summed E-state index contributed by atoms with van der Waals surface area (Å²) in [6.07, 6.45) is 6.29. The summed E-state index contributed by atoms with van der Waals surface area (Å²) in [5, 5.41) is 18.7. The van der Waals surface area contributed by atoms with E-state index in [-0.39, 0.29) is 12.3 Å². The van der Waals surface area contributed by atoms with Crippen molar-refractivity contribution in [1.82, 2.24) is 24.9 Å². The van der Waals surface area contributed by atoms with Crippen molar-refractivity contribution in [2.24, 2.45) is 0 Å². The molecule has 1 amide bonds. The molecule has 0 aliphatic carbocycles. The molecule has 0 saturated carbocycles. The van der Waals surface area contributed by atoms with Gasteiger partial charge in [0.15, 0.2) is 5.65 Å². The van der Waals surface area contributed by atoms with Crippen molar-refractivity contribution in [3.8, 4) is 5.75 Å². The van der Waals surface area contributed by atoms with Crippen molar-refractivity contribution in [2.75, 3.05) is 13.7 Å². The minimum atomic E-state index is -0.885. The monoisotopic (exact) mass is 539 g/mol. The predicted molar refractivity (Wildman–Crippen MR) is 150 cm³/mol. The number of aryl methyl sites for hydroxylation is 3. The molecule has 9 rings (SSSR count). The lowest BCUT2D eigenvalue weighted by Crippen LogP contribution is -2.36. The van der Waals surface area contributed by atoms with E-state index in [9.17, 15) is 14.7 Å². The van der Waals surface area contributed by atoms with Crippen LogP contribution in [0.2, 0.25) is 0 Å². The van der Waals surface area contributed by atoms with Gasteiger partial charge in [-0.1, -0.05) is 35.9 Å². The molecule has 4 aromatic rings. The number of benzene rings is 2. The van der Waals surface area contributed by atoms with Gasteiger partial charge in [0.1, 0.15) is 11.3 Å². The molecule has 9 nitrogen and oxygen atoms in total. The Morgan fingerprint density at radius 1 is 1.07 bits per heavy atom. The standard InChI is InChI=1S/C31H33N5O4/c1-19-26-17-32-30-29(19)33-34-36(30)12-5-3-4-6-20-7-10-24(27(14-20)40-2)31(39)35-13-11-21-8-9-22(15-23(21)18-35)25(26)16-28(37)38/h7-10,14-15,17,25H,3-6,11-13,16,18H2,1-2H3,(H,37,38)/t25-/m0/s1. The number of carboxylic acids is 1. The molecule has 40 heavy (non-hydrogen) atoms. The van der Waals surface area contributed by atoms with Gasteiger partial charge in [-0.05, 0) is 78.1 Å².